The third kappa shape index (κ3) is 3.22. The summed E-state index contributed by atoms with van der Waals surface area (Å²) < 4.78 is 20.6. The highest BCUT2D eigenvalue weighted by Gasteiger charge is 2.31. The van der Waals surface area contributed by atoms with Gasteiger partial charge in [0.25, 0.3) is 5.91 Å². The summed E-state index contributed by atoms with van der Waals surface area (Å²) in [5, 5.41) is 3.65. The van der Waals surface area contributed by atoms with Crippen molar-refractivity contribution in [2.75, 3.05) is 23.9 Å². The first kappa shape index (κ1) is 19.0. The summed E-state index contributed by atoms with van der Waals surface area (Å²) in [6.07, 6.45) is 1.20. The number of carbonyl (C=O) groups excluding carboxylic acids is 2. The molecule has 0 bridgehead atoms. The van der Waals surface area contributed by atoms with Gasteiger partial charge in [0.2, 0.25) is 5.91 Å². The van der Waals surface area contributed by atoms with Crippen molar-refractivity contribution in [2.45, 2.75) is 19.8 Å². The highest BCUT2D eigenvalue weighted by molar-refractivity contribution is 6.17. The summed E-state index contributed by atoms with van der Waals surface area (Å²) in [6, 6.07) is 9.75. The third-order valence-corrected chi connectivity index (χ3v) is 5.37. The minimum absolute atomic E-state index is 0.00710. The molecule has 1 N–H and O–H groups in total. The van der Waals surface area contributed by atoms with Gasteiger partial charge in [0.15, 0.2) is 0 Å². The molecule has 0 aliphatic carbocycles. The van der Waals surface area contributed by atoms with E-state index in [1.165, 1.54) is 18.2 Å². The van der Waals surface area contributed by atoms with Crippen molar-refractivity contribution < 1.29 is 18.7 Å². The van der Waals surface area contributed by atoms with E-state index in [1.807, 2.05) is 18.2 Å². The van der Waals surface area contributed by atoms with Crippen LogP contribution in [-0.4, -0.2) is 30.0 Å². The van der Waals surface area contributed by atoms with E-state index < -0.39 is 0 Å². The molecule has 1 aliphatic rings. The first-order valence-corrected chi connectivity index (χ1v) is 9.45. The molecule has 1 aliphatic heterocycles. The highest BCUT2D eigenvalue weighted by Crippen LogP contribution is 2.38. The normalized spacial score (nSPS) is 13.9. The Morgan fingerprint density at radius 2 is 2.00 bits per heavy atom. The van der Waals surface area contributed by atoms with Crippen molar-refractivity contribution in [2.24, 2.45) is 7.05 Å². The fourth-order valence-electron chi connectivity index (χ4n) is 3.90. The molecule has 150 valence electrons. The van der Waals surface area contributed by atoms with Gasteiger partial charge in [-0.25, -0.2) is 4.39 Å². The lowest BCUT2D eigenvalue weighted by molar-refractivity contribution is -0.117. The van der Waals surface area contributed by atoms with E-state index >= 15 is 0 Å². The van der Waals surface area contributed by atoms with Gasteiger partial charge in [-0.15, -0.1) is 0 Å². The molecule has 7 heteroatoms. The molecule has 29 heavy (non-hydrogen) atoms. The van der Waals surface area contributed by atoms with Gasteiger partial charge >= 0.3 is 0 Å². The smallest absolute Gasteiger partial charge is 0.274 e. The highest BCUT2D eigenvalue weighted by atomic mass is 19.1. The predicted octanol–water partition coefficient (Wildman–Crippen LogP) is 4.01. The number of methoxy groups -OCH3 is 1. The average Bonchev–Trinajstić information content (AvgIpc) is 3.24. The summed E-state index contributed by atoms with van der Waals surface area (Å²) in [5.74, 6) is -0.0720. The molecule has 1 fully saturated rings. The summed E-state index contributed by atoms with van der Waals surface area (Å²) >= 11 is 0. The van der Waals surface area contributed by atoms with Gasteiger partial charge in [0.05, 0.1) is 18.3 Å². The van der Waals surface area contributed by atoms with Crippen LogP contribution < -0.4 is 15.0 Å². The lowest BCUT2D eigenvalue weighted by Crippen LogP contribution is -2.27. The molecule has 6 nitrogen and oxygen atoms in total. The number of fused-ring (bicyclic) bond motifs is 1. The van der Waals surface area contributed by atoms with Crippen molar-refractivity contribution in [3.8, 4) is 5.75 Å². The Bertz CT molecular complexity index is 1140. The van der Waals surface area contributed by atoms with Gasteiger partial charge in [-0.3, -0.25) is 9.59 Å². The Morgan fingerprint density at radius 1 is 1.21 bits per heavy atom. The summed E-state index contributed by atoms with van der Waals surface area (Å²) in [6.45, 7) is 2.29. The maximum absolute atomic E-state index is 13.4. The molecule has 1 aromatic heterocycles. The molecule has 2 amide bonds. The number of rotatable bonds is 4. The number of nitrogens with zero attached hydrogens (tertiary/aromatic N) is 2. The fourth-order valence-corrected chi connectivity index (χ4v) is 3.90. The van der Waals surface area contributed by atoms with E-state index in [0.717, 1.165) is 17.3 Å². The molecule has 2 aromatic carbocycles. The number of nitrogens with one attached hydrogen (secondary N) is 1. The lowest BCUT2D eigenvalue weighted by Gasteiger charge is -2.18. The zero-order chi connectivity index (χ0) is 20.7. The van der Waals surface area contributed by atoms with E-state index in [2.05, 4.69) is 5.32 Å². The van der Waals surface area contributed by atoms with Crippen molar-refractivity contribution in [1.29, 1.82) is 0 Å². The van der Waals surface area contributed by atoms with Crippen molar-refractivity contribution in [1.82, 2.24) is 4.57 Å². The van der Waals surface area contributed by atoms with E-state index in [9.17, 15) is 14.0 Å². The second-order valence-corrected chi connectivity index (χ2v) is 7.20. The molecule has 0 spiro atoms. The van der Waals surface area contributed by atoms with Gasteiger partial charge < -0.3 is 19.5 Å². The maximum Gasteiger partial charge on any atom is 0.274 e. The molecule has 4 rings (SSSR count). The number of benzene rings is 2. The number of ether oxygens (including phenoxy) is 1. The maximum atomic E-state index is 13.4. The second kappa shape index (κ2) is 7.24. The van der Waals surface area contributed by atoms with Crippen LogP contribution >= 0.6 is 0 Å². The van der Waals surface area contributed by atoms with Crippen LogP contribution in [-0.2, 0) is 11.8 Å². The summed E-state index contributed by atoms with van der Waals surface area (Å²) in [4.78, 5) is 27.5. The largest absolute Gasteiger partial charge is 0.497 e. The quantitative estimate of drug-likeness (QED) is 0.726. The summed E-state index contributed by atoms with van der Waals surface area (Å²) in [5.41, 5.74) is 2.94. The molecule has 0 radical (unpaired) electrons. The van der Waals surface area contributed by atoms with Crippen molar-refractivity contribution >= 4 is 34.1 Å². The Kier molecular flexibility index (Phi) is 4.74. The molecule has 0 saturated carbocycles. The second-order valence-electron chi connectivity index (χ2n) is 7.20. The van der Waals surface area contributed by atoms with Crippen LogP contribution in [0.5, 0.6) is 5.75 Å². The Balaban J connectivity index is 1.87. The minimum atomic E-state index is -0.361. The van der Waals surface area contributed by atoms with E-state index in [4.69, 9.17) is 4.74 Å². The van der Waals surface area contributed by atoms with Crippen LogP contribution in [0.3, 0.4) is 0 Å². The van der Waals surface area contributed by atoms with Crippen LogP contribution in [0.25, 0.3) is 10.9 Å². The van der Waals surface area contributed by atoms with Gasteiger partial charge in [-0.05, 0) is 55.3 Å². The molecule has 3 aromatic rings. The van der Waals surface area contributed by atoms with Gasteiger partial charge in [-0.2, -0.15) is 0 Å². The van der Waals surface area contributed by atoms with Gasteiger partial charge in [-0.1, -0.05) is 0 Å². The average molecular weight is 395 g/mol. The van der Waals surface area contributed by atoms with Gasteiger partial charge in [0, 0.05) is 31.1 Å². The van der Waals surface area contributed by atoms with Crippen LogP contribution in [0, 0.1) is 12.7 Å². The number of hydrogen-bond donors (Lipinski definition) is 1. The van der Waals surface area contributed by atoms with Crippen LogP contribution in [0.1, 0.15) is 28.9 Å². The number of aryl methyl sites for hydroxylation is 2. The minimum Gasteiger partial charge on any atom is -0.497 e. The molecular weight excluding hydrogens is 373 g/mol. The molecule has 1 saturated heterocycles. The number of amides is 2. The Morgan fingerprint density at radius 3 is 2.66 bits per heavy atom. The molecular formula is C22H22FN3O3. The molecule has 0 unspecified atom stereocenters. The fraction of sp³-hybridized carbons (Fsp3) is 0.273. The van der Waals surface area contributed by atoms with E-state index in [0.29, 0.717) is 41.3 Å². The Hall–Kier alpha value is -3.35. The topological polar surface area (TPSA) is 63.6 Å². The predicted molar refractivity (Wildman–Crippen MR) is 110 cm³/mol. The molecule has 0 atom stereocenters. The van der Waals surface area contributed by atoms with Crippen LogP contribution in [0.4, 0.5) is 15.8 Å². The van der Waals surface area contributed by atoms with E-state index in [-0.39, 0.29) is 17.6 Å². The lowest BCUT2D eigenvalue weighted by atomic mass is 10.1. The number of hydrogen-bond acceptors (Lipinski definition) is 3. The van der Waals surface area contributed by atoms with Crippen LogP contribution in [0.2, 0.25) is 0 Å². The van der Waals surface area contributed by atoms with Gasteiger partial charge in [0.1, 0.15) is 17.3 Å². The monoisotopic (exact) mass is 395 g/mol. The first-order valence-electron chi connectivity index (χ1n) is 9.45. The summed E-state index contributed by atoms with van der Waals surface area (Å²) in [7, 11) is 3.38. The first-order chi connectivity index (χ1) is 13.9. The van der Waals surface area contributed by atoms with E-state index in [1.54, 1.807) is 30.5 Å². The third-order valence-electron chi connectivity index (χ3n) is 5.37. The van der Waals surface area contributed by atoms with Crippen LogP contribution in [0.15, 0.2) is 36.4 Å². The van der Waals surface area contributed by atoms with Crippen molar-refractivity contribution in [3.63, 3.8) is 0 Å². The zero-order valence-corrected chi connectivity index (χ0v) is 16.6. The number of aromatic nitrogens is 1. The number of anilines is 2. The zero-order valence-electron chi connectivity index (χ0n) is 16.6. The van der Waals surface area contributed by atoms with Crippen molar-refractivity contribution in [3.05, 3.63) is 53.5 Å². The standard InChI is InChI=1S/C22H22FN3O3/c1-13-11-14(23)6-8-17(13)24-22(28)21-20(26-10-4-5-19(26)27)16-12-15(29-3)7-9-18(16)25(21)2/h6-9,11-12H,4-5,10H2,1-3H3,(H,24,28). The molecule has 2 heterocycles. The SMILES string of the molecule is COc1ccc2c(c1)c(N1CCCC1=O)c(C(=O)Nc1ccc(F)cc1C)n2C. The number of halogens is 1. The Labute approximate surface area is 167 Å². The number of carbonyl (C=O) groups is 2.